The molecular weight excluding hydrogens is 353 g/mol. The summed E-state index contributed by atoms with van der Waals surface area (Å²) in [5.41, 5.74) is 1.73. The number of hydrogen-bond acceptors (Lipinski definition) is 4. The first kappa shape index (κ1) is 17.1. The summed E-state index contributed by atoms with van der Waals surface area (Å²) in [5, 5.41) is 3.98. The number of hydrogen-bond donors (Lipinski definition) is 1. The second-order valence-corrected chi connectivity index (χ2v) is 7.93. The highest BCUT2D eigenvalue weighted by atomic mass is 32.1. The number of carbonyl (C=O) groups is 2. The zero-order chi connectivity index (χ0) is 18.1. The molecule has 5 nitrogen and oxygen atoms in total. The van der Waals surface area contributed by atoms with Crippen molar-refractivity contribution in [1.29, 1.82) is 0 Å². The lowest BCUT2D eigenvalue weighted by Crippen LogP contribution is -2.34. The van der Waals surface area contributed by atoms with Crippen LogP contribution in [-0.4, -0.2) is 29.9 Å². The van der Waals surface area contributed by atoms with Gasteiger partial charge in [-0.1, -0.05) is 6.07 Å². The van der Waals surface area contributed by atoms with Gasteiger partial charge in [0.1, 0.15) is 5.82 Å². The fourth-order valence-corrected chi connectivity index (χ4v) is 4.72. The van der Waals surface area contributed by atoms with Gasteiger partial charge in [-0.3, -0.25) is 9.59 Å². The third-order valence-corrected chi connectivity index (χ3v) is 6.11. The number of amides is 2. The molecule has 7 heteroatoms. The molecule has 1 aromatic heterocycles. The molecule has 1 N–H and O–H groups in total. The number of halogens is 1. The second-order valence-electron chi connectivity index (χ2n) is 6.76. The Kier molecular flexibility index (Phi) is 4.72. The number of aromatic nitrogens is 1. The topological polar surface area (TPSA) is 62.3 Å². The molecule has 4 rings (SSSR count). The van der Waals surface area contributed by atoms with E-state index in [2.05, 4.69) is 10.3 Å². The fourth-order valence-electron chi connectivity index (χ4n) is 3.56. The molecule has 0 bridgehead atoms. The minimum absolute atomic E-state index is 0.124. The van der Waals surface area contributed by atoms with Crippen LogP contribution in [0, 0.1) is 11.7 Å². The van der Waals surface area contributed by atoms with E-state index in [0.717, 1.165) is 24.3 Å². The maximum absolute atomic E-state index is 13.4. The van der Waals surface area contributed by atoms with E-state index in [1.54, 1.807) is 23.5 Å². The number of rotatable bonds is 5. The van der Waals surface area contributed by atoms with Crippen molar-refractivity contribution in [3.05, 3.63) is 45.7 Å². The molecule has 1 atom stereocenters. The number of nitrogens with zero attached hydrogens (tertiary/aromatic N) is 2. The Balaban J connectivity index is 1.30. The minimum Gasteiger partial charge on any atom is -0.355 e. The summed E-state index contributed by atoms with van der Waals surface area (Å²) in [6.07, 6.45) is 4.27. The molecule has 2 heterocycles. The molecule has 0 spiro atoms. The number of anilines is 1. The van der Waals surface area contributed by atoms with Crippen LogP contribution in [-0.2, 0) is 28.9 Å². The summed E-state index contributed by atoms with van der Waals surface area (Å²) in [6.45, 7) is 0.815. The summed E-state index contributed by atoms with van der Waals surface area (Å²) in [7, 11) is 0. The summed E-state index contributed by atoms with van der Waals surface area (Å²) in [5.74, 6) is -1.06. The van der Waals surface area contributed by atoms with Gasteiger partial charge in [0.25, 0.3) is 0 Å². The van der Waals surface area contributed by atoms with Gasteiger partial charge in [0.2, 0.25) is 11.8 Å². The van der Waals surface area contributed by atoms with Crippen molar-refractivity contribution in [2.75, 3.05) is 18.0 Å². The lowest BCUT2D eigenvalue weighted by molar-refractivity contribution is -0.126. The molecule has 0 saturated carbocycles. The Bertz CT molecular complexity index is 830. The van der Waals surface area contributed by atoms with E-state index in [0.29, 0.717) is 18.8 Å². The molecule has 1 aliphatic heterocycles. The van der Waals surface area contributed by atoms with E-state index in [1.807, 2.05) is 0 Å². The van der Waals surface area contributed by atoms with E-state index in [9.17, 15) is 14.0 Å². The first-order valence-electron chi connectivity index (χ1n) is 8.91. The quantitative estimate of drug-likeness (QED) is 0.876. The van der Waals surface area contributed by atoms with Gasteiger partial charge in [-0.15, -0.1) is 11.3 Å². The van der Waals surface area contributed by atoms with Crippen molar-refractivity contribution >= 4 is 28.8 Å². The van der Waals surface area contributed by atoms with Crippen molar-refractivity contribution in [2.24, 2.45) is 5.92 Å². The summed E-state index contributed by atoms with van der Waals surface area (Å²) < 4.78 is 13.4. The van der Waals surface area contributed by atoms with E-state index in [1.165, 1.54) is 34.0 Å². The van der Waals surface area contributed by atoms with Gasteiger partial charge in [-0.25, -0.2) is 9.37 Å². The van der Waals surface area contributed by atoms with Crippen LogP contribution in [0.5, 0.6) is 0 Å². The molecule has 2 aliphatic rings. The van der Waals surface area contributed by atoms with Gasteiger partial charge in [0, 0.05) is 36.5 Å². The van der Waals surface area contributed by atoms with E-state index in [-0.39, 0.29) is 18.2 Å². The van der Waals surface area contributed by atoms with Crippen LogP contribution in [0.3, 0.4) is 0 Å². The predicted octanol–water partition coefficient (Wildman–Crippen LogP) is 2.48. The average Bonchev–Trinajstić information content (AvgIpc) is 3.29. The monoisotopic (exact) mass is 373 g/mol. The van der Waals surface area contributed by atoms with Crippen molar-refractivity contribution in [2.45, 2.75) is 32.1 Å². The second kappa shape index (κ2) is 7.15. The van der Waals surface area contributed by atoms with Gasteiger partial charge in [-0.2, -0.15) is 0 Å². The van der Waals surface area contributed by atoms with Gasteiger partial charge in [0.05, 0.1) is 16.6 Å². The zero-order valence-corrected chi connectivity index (χ0v) is 15.2. The van der Waals surface area contributed by atoms with E-state index < -0.39 is 11.7 Å². The first-order valence-corrected chi connectivity index (χ1v) is 9.73. The lowest BCUT2D eigenvalue weighted by atomic mass is 10.1. The summed E-state index contributed by atoms with van der Waals surface area (Å²) >= 11 is 1.75. The summed E-state index contributed by atoms with van der Waals surface area (Å²) in [4.78, 5) is 32.1. The van der Waals surface area contributed by atoms with Crippen molar-refractivity contribution in [3.8, 4) is 0 Å². The van der Waals surface area contributed by atoms with Crippen LogP contribution in [0.1, 0.15) is 28.4 Å². The van der Waals surface area contributed by atoms with Gasteiger partial charge >= 0.3 is 0 Å². The lowest BCUT2D eigenvalue weighted by Gasteiger charge is -2.16. The molecule has 1 aromatic carbocycles. The first-order chi connectivity index (χ1) is 12.6. The van der Waals surface area contributed by atoms with Crippen molar-refractivity contribution in [3.63, 3.8) is 0 Å². The number of carbonyl (C=O) groups excluding carboxylic acids is 2. The maximum atomic E-state index is 13.4. The highest BCUT2D eigenvalue weighted by Crippen LogP contribution is 2.28. The molecule has 0 radical (unpaired) electrons. The molecule has 2 amide bonds. The van der Waals surface area contributed by atoms with Crippen molar-refractivity contribution in [1.82, 2.24) is 10.3 Å². The molecule has 1 fully saturated rings. The Labute approximate surface area is 155 Å². The fraction of sp³-hybridized carbons (Fsp3) is 0.421. The number of aryl methyl sites for hydroxylation is 2. The average molecular weight is 373 g/mol. The van der Waals surface area contributed by atoms with E-state index >= 15 is 0 Å². The molecule has 26 heavy (non-hydrogen) atoms. The largest absolute Gasteiger partial charge is 0.355 e. The van der Waals surface area contributed by atoms with Crippen LogP contribution in [0.15, 0.2) is 24.3 Å². The Morgan fingerprint density at radius 3 is 3.08 bits per heavy atom. The predicted molar refractivity (Wildman–Crippen MR) is 97.7 cm³/mol. The van der Waals surface area contributed by atoms with Crippen LogP contribution in [0.25, 0.3) is 0 Å². The van der Waals surface area contributed by atoms with Crippen molar-refractivity contribution < 1.29 is 14.0 Å². The van der Waals surface area contributed by atoms with Crippen LogP contribution in [0.2, 0.25) is 0 Å². The van der Waals surface area contributed by atoms with Gasteiger partial charge in [-0.05, 0) is 37.5 Å². The Morgan fingerprint density at radius 1 is 1.38 bits per heavy atom. The van der Waals surface area contributed by atoms with Crippen LogP contribution < -0.4 is 10.2 Å². The highest BCUT2D eigenvalue weighted by molar-refractivity contribution is 7.11. The smallest absolute Gasteiger partial charge is 0.227 e. The zero-order valence-electron chi connectivity index (χ0n) is 14.3. The summed E-state index contributed by atoms with van der Waals surface area (Å²) in [6, 6.07) is 5.90. The Hall–Kier alpha value is -2.28. The SMILES string of the molecule is O=C(NCCc1nc2c(s1)CCC2)[C@@H]1CC(=O)N(c2cccc(F)c2)C1. The third kappa shape index (κ3) is 3.49. The van der Waals surface area contributed by atoms with Gasteiger partial charge < -0.3 is 10.2 Å². The highest BCUT2D eigenvalue weighted by Gasteiger charge is 2.35. The van der Waals surface area contributed by atoms with Crippen LogP contribution >= 0.6 is 11.3 Å². The van der Waals surface area contributed by atoms with Gasteiger partial charge in [0.15, 0.2) is 0 Å². The number of nitrogens with one attached hydrogen (secondary N) is 1. The van der Waals surface area contributed by atoms with E-state index in [4.69, 9.17) is 0 Å². The third-order valence-electron chi connectivity index (χ3n) is 4.89. The molecule has 136 valence electrons. The number of fused-ring (bicyclic) bond motifs is 1. The molecule has 0 unspecified atom stereocenters. The molecule has 1 aliphatic carbocycles. The molecular formula is C19H20FN3O2S. The molecule has 1 saturated heterocycles. The Morgan fingerprint density at radius 2 is 2.27 bits per heavy atom. The maximum Gasteiger partial charge on any atom is 0.227 e. The normalized spacial score (nSPS) is 19.0. The minimum atomic E-state index is -0.396. The number of benzene rings is 1. The number of thiazole rings is 1. The standard InChI is InChI=1S/C19H20FN3O2S/c20-13-3-1-4-14(10-13)23-11-12(9-18(23)24)19(25)21-8-7-17-22-15-5-2-6-16(15)26-17/h1,3-4,10,12H,2,5-9,11H2,(H,21,25)/t12-/m1/s1. The molecule has 2 aromatic rings. The van der Waals surface area contributed by atoms with Crippen LogP contribution in [0.4, 0.5) is 10.1 Å².